The standard InChI is InChI=1S/C12H24N2O2/c1-5-11(3,4)13-10(15)7-14-8-12(16,6-2)9-14/h16H,5-9H2,1-4H3,(H,13,15). The van der Waals surface area contributed by atoms with E-state index in [1.165, 1.54) is 0 Å². The highest BCUT2D eigenvalue weighted by atomic mass is 16.3. The van der Waals surface area contributed by atoms with Gasteiger partial charge < -0.3 is 10.4 Å². The van der Waals surface area contributed by atoms with Gasteiger partial charge in [-0.25, -0.2) is 0 Å². The van der Waals surface area contributed by atoms with Gasteiger partial charge in [-0.15, -0.1) is 0 Å². The van der Waals surface area contributed by atoms with E-state index in [1.807, 2.05) is 25.7 Å². The SMILES string of the molecule is CCC1(O)CN(CC(=O)NC(C)(C)CC)C1. The van der Waals surface area contributed by atoms with Crippen LogP contribution >= 0.6 is 0 Å². The minimum atomic E-state index is -0.555. The molecule has 0 aliphatic carbocycles. The zero-order valence-corrected chi connectivity index (χ0v) is 10.8. The fourth-order valence-corrected chi connectivity index (χ4v) is 1.83. The summed E-state index contributed by atoms with van der Waals surface area (Å²) in [5.41, 5.74) is -0.691. The third kappa shape index (κ3) is 3.46. The molecule has 0 bridgehead atoms. The molecule has 0 unspecified atom stereocenters. The van der Waals surface area contributed by atoms with Gasteiger partial charge in [-0.3, -0.25) is 9.69 Å². The van der Waals surface area contributed by atoms with Crippen molar-refractivity contribution in [3.05, 3.63) is 0 Å². The molecule has 0 saturated carbocycles. The van der Waals surface area contributed by atoms with Crippen LogP contribution in [0.15, 0.2) is 0 Å². The molecule has 1 heterocycles. The smallest absolute Gasteiger partial charge is 0.234 e. The summed E-state index contributed by atoms with van der Waals surface area (Å²) in [7, 11) is 0. The number of rotatable bonds is 5. The van der Waals surface area contributed by atoms with Crippen LogP contribution in [0.2, 0.25) is 0 Å². The van der Waals surface area contributed by atoms with E-state index >= 15 is 0 Å². The number of hydrogen-bond acceptors (Lipinski definition) is 3. The summed E-state index contributed by atoms with van der Waals surface area (Å²) in [4.78, 5) is 13.7. The lowest BCUT2D eigenvalue weighted by atomic mass is 9.91. The minimum absolute atomic E-state index is 0.0463. The molecular weight excluding hydrogens is 204 g/mol. The highest BCUT2D eigenvalue weighted by Crippen LogP contribution is 2.23. The van der Waals surface area contributed by atoms with Gasteiger partial charge in [-0.2, -0.15) is 0 Å². The lowest BCUT2D eigenvalue weighted by Crippen LogP contribution is -2.63. The van der Waals surface area contributed by atoms with Crippen molar-refractivity contribution in [2.24, 2.45) is 0 Å². The second-order valence-corrected chi connectivity index (χ2v) is 5.51. The Bertz CT molecular complexity index is 258. The molecular formula is C12H24N2O2. The highest BCUT2D eigenvalue weighted by molar-refractivity contribution is 5.78. The molecule has 16 heavy (non-hydrogen) atoms. The topological polar surface area (TPSA) is 52.6 Å². The van der Waals surface area contributed by atoms with Crippen LogP contribution < -0.4 is 5.32 Å². The Morgan fingerprint density at radius 3 is 2.44 bits per heavy atom. The number of nitrogens with zero attached hydrogens (tertiary/aromatic N) is 1. The van der Waals surface area contributed by atoms with E-state index in [0.29, 0.717) is 19.6 Å². The summed E-state index contributed by atoms with van der Waals surface area (Å²) in [5.74, 6) is 0.0463. The van der Waals surface area contributed by atoms with Crippen molar-refractivity contribution < 1.29 is 9.90 Å². The quantitative estimate of drug-likeness (QED) is 0.730. The summed E-state index contributed by atoms with van der Waals surface area (Å²) >= 11 is 0. The third-order valence-electron chi connectivity index (χ3n) is 3.42. The number of aliphatic hydroxyl groups is 1. The molecule has 1 amide bonds. The van der Waals surface area contributed by atoms with E-state index in [9.17, 15) is 9.90 Å². The van der Waals surface area contributed by atoms with E-state index in [4.69, 9.17) is 0 Å². The van der Waals surface area contributed by atoms with E-state index in [-0.39, 0.29) is 11.4 Å². The highest BCUT2D eigenvalue weighted by Gasteiger charge is 2.40. The average molecular weight is 228 g/mol. The molecule has 1 fully saturated rings. The molecule has 1 rings (SSSR count). The van der Waals surface area contributed by atoms with Gasteiger partial charge in [0, 0.05) is 18.6 Å². The minimum Gasteiger partial charge on any atom is -0.387 e. The maximum atomic E-state index is 11.7. The van der Waals surface area contributed by atoms with Gasteiger partial charge in [-0.05, 0) is 26.7 Å². The Morgan fingerprint density at radius 1 is 1.44 bits per heavy atom. The fourth-order valence-electron chi connectivity index (χ4n) is 1.83. The van der Waals surface area contributed by atoms with Crippen molar-refractivity contribution in [1.29, 1.82) is 0 Å². The Morgan fingerprint density at radius 2 is 2.00 bits per heavy atom. The molecule has 94 valence electrons. The van der Waals surface area contributed by atoms with Gasteiger partial charge in [0.05, 0.1) is 12.1 Å². The third-order valence-corrected chi connectivity index (χ3v) is 3.42. The van der Waals surface area contributed by atoms with Crippen LogP contribution in [0.3, 0.4) is 0 Å². The molecule has 0 aromatic heterocycles. The maximum absolute atomic E-state index is 11.7. The molecule has 1 aliphatic heterocycles. The molecule has 1 saturated heterocycles. The molecule has 0 aromatic rings. The Kier molecular flexibility index (Phi) is 3.97. The molecule has 0 aromatic carbocycles. The first kappa shape index (κ1) is 13.5. The van der Waals surface area contributed by atoms with Crippen LogP contribution in [0.1, 0.15) is 40.5 Å². The second kappa shape index (κ2) is 4.72. The van der Waals surface area contributed by atoms with Crippen LogP contribution in [-0.4, -0.2) is 46.7 Å². The second-order valence-electron chi connectivity index (χ2n) is 5.51. The van der Waals surface area contributed by atoms with Gasteiger partial charge in [0.25, 0.3) is 0 Å². The van der Waals surface area contributed by atoms with Gasteiger partial charge in [0.1, 0.15) is 0 Å². The number of likely N-dealkylation sites (tertiary alicyclic amines) is 1. The Balaban J connectivity index is 2.28. The molecule has 1 aliphatic rings. The summed E-state index contributed by atoms with van der Waals surface area (Å²) in [6.07, 6.45) is 1.67. The van der Waals surface area contributed by atoms with Crippen molar-refractivity contribution >= 4 is 5.91 Å². The first-order valence-corrected chi connectivity index (χ1v) is 6.06. The fraction of sp³-hybridized carbons (Fsp3) is 0.917. The summed E-state index contributed by atoms with van der Waals surface area (Å²) < 4.78 is 0. The van der Waals surface area contributed by atoms with Crippen LogP contribution in [0.5, 0.6) is 0 Å². The molecule has 2 N–H and O–H groups in total. The van der Waals surface area contributed by atoms with Crippen LogP contribution in [-0.2, 0) is 4.79 Å². The summed E-state index contributed by atoms with van der Waals surface area (Å²) in [5, 5.41) is 12.8. The number of β-amino-alcohol motifs (C(OH)–C–C–N with tert-alkyl or cyclic N) is 1. The Hall–Kier alpha value is -0.610. The number of nitrogens with one attached hydrogen (secondary N) is 1. The largest absolute Gasteiger partial charge is 0.387 e. The van der Waals surface area contributed by atoms with E-state index in [0.717, 1.165) is 12.8 Å². The van der Waals surface area contributed by atoms with Crippen molar-refractivity contribution in [3.8, 4) is 0 Å². The first-order valence-electron chi connectivity index (χ1n) is 6.06. The zero-order chi connectivity index (χ0) is 12.4. The van der Waals surface area contributed by atoms with Crippen molar-refractivity contribution in [2.75, 3.05) is 19.6 Å². The first-order chi connectivity index (χ1) is 7.30. The van der Waals surface area contributed by atoms with Crippen LogP contribution in [0.25, 0.3) is 0 Å². The van der Waals surface area contributed by atoms with Crippen molar-refractivity contribution in [3.63, 3.8) is 0 Å². The van der Waals surface area contributed by atoms with Crippen molar-refractivity contribution in [2.45, 2.75) is 51.7 Å². The average Bonchev–Trinajstić information content (AvgIpc) is 2.14. The Labute approximate surface area is 98.0 Å². The van der Waals surface area contributed by atoms with Gasteiger partial charge >= 0.3 is 0 Å². The van der Waals surface area contributed by atoms with Crippen molar-refractivity contribution in [1.82, 2.24) is 10.2 Å². The molecule has 4 nitrogen and oxygen atoms in total. The van der Waals surface area contributed by atoms with E-state index in [1.54, 1.807) is 0 Å². The number of carbonyl (C=O) groups excluding carboxylic acids is 1. The predicted octanol–water partition coefficient (Wildman–Crippen LogP) is 0.748. The van der Waals surface area contributed by atoms with E-state index in [2.05, 4.69) is 12.2 Å². The molecule has 4 heteroatoms. The molecule has 0 radical (unpaired) electrons. The normalized spacial score (nSPS) is 20.3. The predicted molar refractivity (Wildman–Crippen MR) is 64.2 cm³/mol. The lowest BCUT2D eigenvalue weighted by molar-refractivity contribution is -0.134. The maximum Gasteiger partial charge on any atom is 0.234 e. The van der Waals surface area contributed by atoms with Gasteiger partial charge in [0.15, 0.2) is 0 Å². The number of hydrogen-bond donors (Lipinski definition) is 2. The molecule has 0 atom stereocenters. The van der Waals surface area contributed by atoms with Crippen LogP contribution in [0, 0.1) is 0 Å². The summed E-state index contributed by atoms with van der Waals surface area (Å²) in [6, 6.07) is 0. The monoisotopic (exact) mass is 228 g/mol. The van der Waals surface area contributed by atoms with E-state index < -0.39 is 5.60 Å². The van der Waals surface area contributed by atoms with Gasteiger partial charge in [0.2, 0.25) is 5.91 Å². The number of amides is 1. The summed E-state index contributed by atoms with van der Waals surface area (Å²) in [6.45, 7) is 9.68. The number of carbonyl (C=O) groups is 1. The lowest BCUT2D eigenvalue weighted by Gasteiger charge is -2.46. The zero-order valence-electron chi connectivity index (χ0n) is 10.8. The molecule has 0 spiro atoms. The van der Waals surface area contributed by atoms with Crippen LogP contribution in [0.4, 0.5) is 0 Å². The van der Waals surface area contributed by atoms with Gasteiger partial charge in [-0.1, -0.05) is 13.8 Å².